The summed E-state index contributed by atoms with van der Waals surface area (Å²) in [7, 11) is -3.86. The first kappa shape index (κ1) is 16.1. The van der Waals surface area contributed by atoms with Crippen LogP contribution in [0.3, 0.4) is 0 Å². The molecule has 0 atom stereocenters. The molecule has 0 fully saturated rings. The molecule has 2 aromatic carbocycles. The zero-order chi connectivity index (χ0) is 17.3. The average molecular weight is 341 g/mol. The van der Waals surface area contributed by atoms with Crippen LogP contribution in [0.2, 0.25) is 0 Å². The molecule has 0 bridgehead atoms. The number of Topliss-reactive ketones (excluding diaryl/α,β-unsaturated/α-hetero) is 2. The van der Waals surface area contributed by atoms with Crippen molar-refractivity contribution < 1.29 is 18.0 Å². The van der Waals surface area contributed by atoms with Gasteiger partial charge in [0.15, 0.2) is 9.84 Å². The molecule has 24 heavy (non-hydrogen) atoms. The molecular formula is C18H15NO4S. The number of carbonyl (C=O) groups excluding carboxylic acids is 2. The van der Waals surface area contributed by atoms with E-state index >= 15 is 0 Å². The van der Waals surface area contributed by atoms with Crippen molar-refractivity contribution in [1.82, 2.24) is 5.32 Å². The number of carbonyl (C=O) groups is 2. The van der Waals surface area contributed by atoms with Crippen LogP contribution in [-0.4, -0.2) is 26.2 Å². The molecule has 0 amide bonds. The molecule has 0 aromatic heterocycles. The smallest absolute Gasteiger partial charge is 0.211 e. The van der Waals surface area contributed by atoms with E-state index < -0.39 is 26.3 Å². The molecule has 0 radical (unpaired) electrons. The van der Waals surface area contributed by atoms with Gasteiger partial charge in [-0.1, -0.05) is 54.6 Å². The van der Waals surface area contributed by atoms with E-state index in [0.717, 1.165) is 11.8 Å². The number of benzene rings is 2. The minimum atomic E-state index is -3.86. The minimum absolute atomic E-state index is 0.119. The van der Waals surface area contributed by atoms with E-state index in [-0.39, 0.29) is 23.4 Å². The van der Waals surface area contributed by atoms with Crippen LogP contribution in [0.5, 0.6) is 0 Å². The van der Waals surface area contributed by atoms with Crippen molar-refractivity contribution in [2.45, 2.75) is 6.54 Å². The Bertz CT molecular complexity index is 960. The maximum Gasteiger partial charge on any atom is 0.211 e. The van der Waals surface area contributed by atoms with Gasteiger partial charge in [-0.2, -0.15) is 0 Å². The fraction of sp³-hybridized carbons (Fsp3) is 0.111. The summed E-state index contributed by atoms with van der Waals surface area (Å²) < 4.78 is 24.2. The van der Waals surface area contributed by atoms with Crippen molar-refractivity contribution >= 4 is 21.4 Å². The Labute approximate surface area is 139 Å². The van der Waals surface area contributed by atoms with Gasteiger partial charge in [-0.25, -0.2) is 8.42 Å². The quantitative estimate of drug-likeness (QED) is 0.921. The molecule has 1 N–H and O–H groups in total. The van der Waals surface area contributed by atoms with E-state index in [9.17, 15) is 18.0 Å². The second kappa shape index (κ2) is 6.05. The molecule has 0 saturated heterocycles. The van der Waals surface area contributed by atoms with E-state index in [1.807, 2.05) is 30.3 Å². The Balaban J connectivity index is 2.08. The molecule has 0 heterocycles. The maximum absolute atomic E-state index is 12.7. The molecule has 5 nitrogen and oxygen atoms in total. The molecule has 0 saturated carbocycles. The largest absolute Gasteiger partial charge is 0.377 e. The number of rotatable bonds is 4. The van der Waals surface area contributed by atoms with Crippen molar-refractivity contribution in [2.24, 2.45) is 0 Å². The molecule has 0 aliphatic heterocycles. The van der Waals surface area contributed by atoms with Crippen molar-refractivity contribution in [3.05, 3.63) is 81.9 Å². The lowest BCUT2D eigenvalue weighted by Crippen LogP contribution is -2.33. The van der Waals surface area contributed by atoms with E-state index in [2.05, 4.69) is 5.32 Å². The summed E-state index contributed by atoms with van der Waals surface area (Å²) in [5, 5.41) is 2.85. The van der Waals surface area contributed by atoms with E-state index in [0.29, 0.717) is 0 Å². The van der Waals surface area contributed by atoms with Gasteiger partial charge in [0.25, 0.3) is 0 Å². The fourth-order valence-electron chi connectivity index (χ4n) is 2.65. The third-order valence-corrected chi connectivity index (χ3v) is 4.89. The van der Waals surface area contributed by atoms with Crippen LogP contribution in [0.25, 0.3) is 0 Å². The van der Waals surface area contributed by atoms with Crippen molar-refractivity contribution in [3.63, 3.8) is 0 Å². The molecule has 2 aromatic rings. The molecule has 1 aliphatic rings. The summed E-state index contributed by atoms with van der Waals surface area (Å²) in [6.07, 6.45) is 0.936. The van der Waals surface area contributed by atoms with Crippen LogP contribution in [0, 0.1) is 0 Å². The number of hydrogen-bond donors (Lipinski definition) is 1. The van der Waals surface area contributed by atoms with Crippen LogP contribution in [-0.2, 0) is 16.4 Å². The number of hydrogen-bond acceptors (Lipinski definition) is 5. The van der Waals surface area contributed by atoms with E-state index in [1.54, 1.807) is 12.1 Å². The Morgan fingerprint density at radius 3 is 1.96 bits per heavy atom. The fourth-order valence-corrected chi connectivity index (χ4v) is 3.64. The lowest BCUT2D eigenvalue weighted by molar-refractivity contribution is 0.0974. The van der Waals surface area contributed by atoms with Gasteiger partial charge in [0.1, 0.15) is 10.6 Å². The van der Waals surface area contributed by atoms with Gasteiger partial charge in [-0.05, 0) is 5.56 Å². The second-order valence-electron chi connectivity index (χ2n) is 5.52. The van der Waals surface area contributed by atoms with Gasteiger partial charge < -0.3 is 5.32 Å². The van der Waals surface area contributed by atoms with E-state index in [1.165, 1.54) is 12.1 Å². The van der Waals surface area contributed by atoms with Gasteiger partial charge in [-0.3, -0.25) is 9.59 Å². The highest BCUT2D eigenvalue weighted by Gasteiger charge is 2.37. The number of nitrogens with one attached hydrogen (secondary N) is 1. The first-order chi connectivity index (χ1) is 11.4. The first-order valence-electron chi connectivity index (χ1n) is 7.30. The average Bonchev–Trinajstić information content (AvgIpc) is 2.56. The number of allylic oxidation sites excluding steroid dienone is 2. The monoisotopic (exact) mass is 341 g/mol. The predicted octanol–water partition coefficient (Wildman–Crippen LogP) is 2.11. The highest BCUT2D eigenvalue weighted by Crippen LogP contribution is 2.28. The first-order valence-corrected chi connectivity index (χ1v) is 9.19. The summed E-state index contributed by atoms with van der Waals surface area (Å²) in [4.78, 5) is 24.8. The standard InChI is InChI=1S/C18H15NO4S/c1-24(22,23)18-15(19-11-12-7-3-2-4-8-12)16(20)13-9-5-6-10-14(13)17(18)21/h2-10,19H,11H2,1H3. The van der Waals surface area contributed by atoms with E-state index in [4.69, 9.17) is 0 Å². The van der Waals surface area contributed by atoms with Crippen LogP contribution in [0.15, 0.2) is 65.2 Å². The molecule has 3 rings (SSSR count). The highest BCUT2D eigenvalue weighted by atomic mass is 32.2. The SMILES string of the molecule is CS(=O)(=O)C1=C(NCc2ccccc2)C(=O)c2ccccc2C1=O. The van der Waals surface area contributed by atoms with Gasteiger partial charge in [0, 0.05) is 23.9 Å². The number of sulfone groups is 1. The Morgan fingerprint density at radius 2 is 1.38 bits per heavy atom. The van der Waals surface area contributed by atoms with Gasteiger partial charge in [0.2, 0.25) is 11.6 Å². The normalized spacial score (nSPS) is 14.5. The summed E-state index contributed by atoms with van der Waals surface area (Å²) >= 11 is 0. The summed E-state index contributed by atoms with van der Waals surface area (Å²) in [5.41, 5.74) is 1.04. The Morgan fingerprint density at radius 1 is 0.833 bits per heavy atom. The predicted molar refractivity (Wildman–Crippen MR) is 90.3 cm³/mol. The van der Waals surface area contributed by atoms with Gasteiger partial charge in [0.05, 0.1) is 0 Å². The molecule has 0 spiro atoms. The molecular weight excluding hydrogens is 326 g/mol. The number of fused-ring (bicyclic) bond motifs is 1. The zero-order valence-corrected chi connectivity index (χ0v) is 13.8. The Kier molecular flexibility index (Phi) is 4.07. The van der Waals surface area contributed by atoms with Crippen molar-refractivity contribution in [2.75, 3.05) is 6.26 Å². The lowest BCUT2D eigenvalue weighted by atomic mass is 9.92. The van der Waals surface area contributed by atoms with Gasteiger partial charge >= 0.3 is 0 Å². The number of ketones is 2. The summed E-state index contributed by atoms with van der Waals surface area (Å²) in [6, 6.07) is 15.5. The topological polar surface area (TPSA) is 80.3 Å². The summed E-state index contributed by atoms with van der Waals surface area (Å²) in [6.45, 7) is 0.246. The molecule has 122 valence electrons. The van der Waals surface area contributed by atoms with Gasteiger partial charge in [-0.15, -0.1) is 0 Å². The summed E-state index contributed by atoms with van der Waals surface area (Å²) in [5.74, 6) is -1.13. The van der Waals surface area contributed by atoms with Crippen LogP contribution < -0.4 is 5.32 Å². The second-order valence-corrected chi connectivity index (χ2v) is 7.47. The van der Waals surface area contributed by atoms with Crippen molar-refractivity contribution in [3.8, 4) is 0 Å². The minimum Gasteiger partial charge on any atom is -0.377 e. The third kappa shape index (κ3) is 2.88. The highest BCUT2D eigenvalue weighted by molar-refractivity contribution is 7.95. The Hall–Kier alpha value is -2.73. The molecule has 6 heteroatoms. The lowest BCUT2D eigenvalue weighted by Gasteiger charge is -2.21. The van der Waals surface area contributed by atoms with Crippen molar-refractivity contribution in [1.29, 1.82) is 0 Å². The molecule has 1 aliphatic carbocycles. The van der Waals surface area contributed by atoms with Crippen LogP contribution >= 0.6 is 0 Å². The molecule has 0 unspecified atom stereocenters. The zero-order valence-electron chi connectivity index (χ0n) is 12.9. The van der Waals surface area contributed by atoms with Crippen LogP contribution in [0.4, 0.5) is 0 Å². The van der Waals surface area contributed by atoms with Crippen LogP contribution in [0.1, 0.15) is 26.3 Å². The third-order valence-electron chi connectivity index (χ3n) is 3.76. The maximum atomic E-state index is 12.7.